The molecular formula is C14H21ClN2O2. The molecular weight excluding hydrogens is 264 g/mol. The molecule has 0 radical (unpaired) electrons. The maximum absolute atomic E-state index is 11.1. The third-order valence-corrected chi connectivity index (χ3v) is 2.87. The second-order valence-corrected chi connectivity index (χ2v) is 4.98. The Bertz CT molecular complexity index is 422. The van der Waals surface area contributed by atoms with E-state index in [-0.39, 0.29) is 5.91 Å². The summed E-state index contributed by atoms with van der Waals surface area (Å²) < 4.78 is 5.48. The summed E-state index contributed by atoms with van der Waals surface area (Å²) in [6.07, 6.45) is 0.323. The molecule has 1 aromatic carbocycles. The van der Waals surface area contributed by atoms with Crippen molar-refractivity contribution in [1.29, 1.82) is 0 Å². The number of benzene rings is 1. The first-order chi connectivity index (χ1) is 9.02. The highest BCUT2D eigenvalue weighted by Gasteiger charge is 2.05. The van der Waals surface area contributed by atoms with Crippen molar-refractivity contribution in [2.45, 2.75) is 32.9 Å². The minimum absolute atomic E-state index is 0.0473. The van der Waals surface area contributed by atoms with Crippen LogP contribution in [0.4, 0.5) is 0 Å². The Morgan fingerprint density at radius 2 is 2.16 bits per heavy atom. The van der Waals surface area contributed by atoms with Gasteiger partial charge in [0.05, 0.1) is 18.1 Å². The Labute approximate surface area is 119 Å². The first-order valence-corrected chi connectivity index (χ1v) is 6.76. The molecule has 0 aliphatic heterocycles. The monoisotopic (exact) mass is 284 g/mol. The molecule has 5 heteroatoms. The van der Waals surface area contributed by atoms with E-state index in [0.29, 0.717) is 29.8 Å². The van der Waals surface area contributed by atoms with Crippen molar-refractivity contribution < 1.29 is 9.53 Å². The van der Waals surface area contributed by atoms with Gasteiger partial charge < -0.3 is 15.4 Å². The van der Waals surface area contributed by atoms with Gasteiger partial charge >= 0.3 is 0 Å². The van der Waals surface area contributed by atoms with E-state index in [0.717, 1.165) is 12.1 Å². The Morgan fingerprint density at radius 3 is 2.74 bits per heavy atom. The van der Waals surface area contributed by atoms with Crippen LogP contribution >= 0.6 is 11.6 Å². The van der Waals surface area contributed by atoms with Crippen LogP contribution in [0, 0.1) is 0 Å². The van der Waals surface area contributed by atoms with Crippen LogP contribution in [0.25, 0.3) is 0 Å². The summed E-state index contributed by atoms with van der Waals surface area (Å²) in [5, 5.41) is 6.43. The average Bonchev–Trinajstić information content (AvgIpc) is 2.38. The van der Waals surface area contributed by atoms with Crippen LogP contribution < -0.4 is 15.4 Å². The van der Waals surface area contributed by atoms with Gasteiger partial charge in [-0.25, -0.2) is 0 Å². The van der Waals surface area contributed by atoms with E-state index in [1.807, 2.05) is 18.2 Å². The molecule has 0 fully saturated rings. The highest BCUT2D eigenvalue weighted by Crippen LogP contribution is 2.25. The predicted molar refractivity (Wildman–Crippen MR) is 77.6 cm³/mol. The fraction of sp³-hybridized carbons (Fsp3) is 0.500. The second-order valence-electron chi connectivity index (χ2n) is 4.57. The lowest BCUT2D eigenvalue weighted by Gasteiger charge is -2.11. The minimum Gasteiger partial charge on any atom is -0.491 e. The van der Waals surface area contributed by atoms with Gasteiger partial charge in [-0.2, -0.15) is 0 Å². The molecule has 0 spiro atoms. The van der Waals surface area contributed by atoms with E-state index >= 15 is 0 Å². The zero-order valence-corrected chi connectivity index (χ0v) is 12.4. The normalized spacial score (nSPS) is 10.6. The van der Waals surface area contributed by atoms with Gasteiger partial charge in [0.25, 0.3) is 0 Å². The summed E-state index contributed by atoms with van der Waals surface area (Å²) in [5.74, 6) is 0.563. The van der Waals surface area contributed by atoms with Crippen molar-refractivity contribution in [2.75, 3.05) is 13.7 Å². The number of rotatable bonds is 7. The molecule has 0 saturated carbocycles. The Hall–Kier alpha value is -1.26. The number of ether oxygens (including phenoxy) is 1. The number of carbonyl (C=O) groups is 1. The summed E-state index contributed by atoms with van der Waals surface area (Å²) in [6.45, 7) is 5.29. The number of carbonyl (C=O) groups excluding carboxylic acids is 1. The molecule has 0 saturated heterocycles. The van der Waals surface area contributed by atoms with Gasteiger partial charge in [-0.1, -0.05) is 31.5 Å². The summed E-state index contributed by atoms with van der Waals surface area (Å²) >= 11 is 6.14. The molecule has 4 nitrogen and oxygen atoms in total. The molecule has 1 amide bonds. The predicted octanol–water partition coefficient (Wildman–Crippen LogP) is 2.35. The first-order valence-electron chi connectivity index (χ1n) is 6.38. The summed E-state index contributed by atoms with van der Waals surface area (Å²) in [5.41, 5.74) is 1.11. The van der Waals surface area contributed by atoms with Crippen LogP contribution in [-0.4, -0.2) is 25.6 Å². The maximum atomic E-state index is 11.1. The van der Waals surface area contributed by atoms with Gasteiger partial charge in [-0.3, -0.25) is 4.79 Å². The lowest BCUT2D eigenvalue weighted by Crippen LogP contribution is -2.21. The van der Waals surface area contributed by atoms with E-state index in [9.17, 15) is 4.79 Å². The SMILES string of the molecule is CNC(=O)CCOc1ccc(CNC(C)C)cc1Cl. The van der Waals surface area contributed by atoms with E-state index < -0.39 is 0 Å². The Balaban J connectivity index is 2.50. The lowest BCUT2D eigenvalue weighted by molar-refractivity contribution is -0.121. The van der Waals surface area contributed by atoms with Crippen molar-refractivity contribution in [3.05, 3.63) is 28.8 Å². The summed E-state index contributed by atoms with van der Waals surface area (Å²) in [7, 11) is 1.60. The number of amides is 1. The van der Waals surface area contributed by atoms with Crippen molar-refractivity contribution in [1.82, 2.24) is 10.6 Å². The topological polar surface area (TPSA) is 50.4 Å². The standard InChI is InChI=1S/C14H21ClN2O2/c1-10(2)17-9-11-4-5-13(12(15)8-11)19-7-6-14(18)16-3/h4-5,8,10,17H,6-7,9H2,1-3H3,(H,16,18). The number of hydrogen-bond donors (Lipinski definition) is 2. The number of halogens is 1. The quantitative estimate of drug-likeness (QED) is 0.808. The molecule has 1 aromatic rings. The van der Waals surface area contributed by atoms with Crippen LogP contribution in [0.2, 0.25) is 5.02 Å². The van der Waals surface area contributed by atoms with E-state index in [4.69, 9.17) is 16.3 Å². The van der Waals surface area contributed by atoms with Crippen molar-refractivity contribution in [2.24, 2.45) is 0 Å². The smallest absolute Gasteiger partial charge is 0.223 e. The molecule has 0 bridgehead atoms. The van der Waals surface area contributed by atoms with Gasteiger partial charge in [0.2, 0.25) is 5.91 Å². The highest BCUT2D eigenvalue weighted by atomic mass is 35.5. The number of hydrogen-bond acceptors (Lipinski definition) is 3. The molecule has 0 atom stereocenters. The molecule has 0 aliphatic carbocycles. The van der Waals surface area contributed by atoms with Crippen molar-refractivity contribution in [3.63, 3.8) is 0 Å². The fourth-order valence-electron chi connectivity index (χ4n) is 1.47. The average molecular weight is 285 g/mol. The third kappa shape index (κ3) is 5.94. The van der Waals surface area contributed by atoms with Gasteiger partial charge in [-0.05, 0) is 17.7 Å². The lowest BCUT2D eigenvalue weighted by atomic mass is 10.2. The van der Waals surface area contributed by atoms with Gasteiger partial charge in [0, 0.05) is 19.6 Å². The molecule has 0 unspecified atom stereocenters. The summed E-state index contributed by atoms with van der Waals surface area (Å²) in [6, 6.07) is 6.12. The van der Waals surface area contributed by atoms with E-state index in [1.54, 1.807) is 7.05 Å². The van der Waals surface area contributed by atoms with Crippen molar-refractivity contribution in [3.8, 4) is 5.75 Å². The molecule has 106 valence electrons. The summed E-state index contributed by atoms with van der Waals surface area (Å²) in [4.78, 5) is 11.1. The van der Waals surface area contributed by atoms with Crippen LogP contribution in [-0.2, 0) is 11.3 Å². The molecule has 0 heterocycles. The van der Waals surface area contributed by atoms with Crippen LogP contribution in [0.3, 0.4) is 0 Å². The van der Waals surface area contributed by atoms with Crippen molar-refractivity contribution >= 4 is 17.5 Å². The third-order valence-electron chi connectivity index (χ3n) is 2.58. The maximum Gasteiger partial charge on any atom is 0.223 e. The van der Waals surface area contributed by atoms with Crippen LogP contribution in [0.15, 0.2) is 18.2 Å². The van der Waals surface area contributed by atoms with Gasteiger partial charge in [0.15, 0.2) is 0 Å². The van der Waals surface area contributed by atoms with Gasteiger partial charge in [-0.15, -0.1) is 0 Å². The molecule has 19 heavy (non-hydrogen) atoms. The van der Waals surface area contributed by atoms with Crippen LogP contribution in [0.5, 0.6) is 5.75 Å². The highest BCUT2D eigenvalue weighted by molar-refractivity contribution is 6.32. The number of nitrogens with one attached hydrogen (secondary N) is 2. The Kier molecular flexibility index (Phi) is 6.67. The van der Waals surface area contributed by atoms with Crippen LogP contribution in [0.1, 0.15) is 25.8 Å². The first kappa shape index (κ1) is 15.8. The molecule has 0 aliphatic rings. The molecule has 1 rings (SSSR count). The van der Waals surface area contributed by atoms with E-state index in [2.05, 4.69) is 24.5 Å². The zero-order chi connectivity index (χ0) is 14.3. The van der Waals surface area contributed by atoms with E-state index in [1.165, 1.54) is 0 Å². The minimum atomic E-state index is -0.0473. The fourth-order valence-corrected chi connectivity index (χ4v) is 1.73. The Morgan fingerprint density at radius 1 is 1.42 bits per heavy atom. The molecule has 2 N–H and O–H groups in total. The largest absolute Gasteiger partial charge is 0.491 e. The second kappa shape index (κ2) is 8.02. The molecule has 0 aromatic heterocycles. The van der Waals surface area contributed by atoms with Gasteiger partial charge in [0.1, 0.15) is 5.75 Å². The zero-order valence-electron chi connectivity index (χ0n) is 11.6.